The highest BCUT2D eigenvalue weighted by Crippen LogP contribution is 2.31. The standard InChI is InChI=1S/C20H12BrCl2N3O5S/c21-12-1-8-18-17(9-12)24-20(11-31-15-5-3-14(4-6-15)26(27)28)25(18)32(29,30)19-10-13(22)2-7-16(19)23/h1-10H,11H2. The van der Waals surface area contributed by atoms with Crippen LogP contribution in [0.2, 0.25) is 10.0 Å². The van der Waals surface area contributed by atoms with Crippen LogP contribution in [-0.2, 0) is 16.6 Å². The number of fused-ring (bicyclic) bond motifs is 1. The molecule has 0 unspecified atom stereocenters. The van der Waals surface area contributed by atoms with E-state index < -0.39 is 14.9 Å². The summed E-state index contributed by atoms with van der Waals surface area (Å²) >= 11 is 15.5. The topological polar surface area (TPSA) is 104 Å². The molecule has 12 heteroatoms. The van der Waals surface area contributed by atoms with Crippen LogP contribution in [-0.4, -0.2) is 22.3 Å². The zero-order valence-electron chi connectivity index (χ0n) is 15.9. The molecule has 3 aromatic carbocycles. The molecule has 0 fully saturated rings. The minimum Gasteiger partial charge on any atom is -0.486 e. The first kappa shape index (κ1) is 22.5. The van der Waals surface area contributed by atoms with Gasteiger partial charge in [-0.05, 0) is 48.5 Å². The van der Waals surface area contributed by atoms with Crippen molar-refractivity contribution in [3.8, 4) is 5.75 Å². The molecule has 0 saturated carbocycles. The fourth-order valence-electron chi connectivity index (χ4n) is 3.03. The molecule has 8 nitrogen and oxygen atoms in total. The van der Waals surface area contributed by atoms with Crippen LogP contribution in [0.25, 0.3) is 11.0 Å². The zero-order valence-corrected chi connectivity index (χ0v) is 19.8. The Kier molecular flexibility index (Phi) is 6.13. The SMILES string of the molecule is O=[N+]([O-])c1ccc(OCc2nc3cc(Br)ccc3n2S(=O)(=O)c2cc(Cl)ccc2Cl)cc1. The number of benzene rings is 3. The van der Waals surface area contributed by atoms with E-state index in [2.05, 4.69) is 20.9 Å². The molecule has 0 N–H and O–H groups in total. The monoisotopic (exact) mass is 555 g/mol. The quantitative estimate of drug-likeness (QED) is 0.218. The van der Waals surface area contributed by atoms with Gasteiger partial charge in [-0.25, -0.2) is 17.4 Å². The molecule has 0 radical (unpaired) electrons. The van der Waals surface area contributed by atoms with Crippen molar-refractivity contribution >= 4 is 65.9 Å². The molecule has 0 bridgehead atoms. The Morgan fingerprint density at radius 1 is 1.06 bits per heavy atom. The van der Waals surface area contributed by atoms with E-state index in [-0.39, 0.29) is 33.1 Å². The number of hydrogen-bond donors (Lipinski definition) is 0. The molecule has 164 valence electrons. The first-order chi connectivity index (χ1) is 15.2. The van der Waals surface area contributed by atoms with Gasteiger partial charge in [-0.1, -0.05) is 39.1 Å². The number of halogens is 3. The summed E-state index contributed by atoms with van der Waals surface area (Å²) < 4.78 is 34.6. The van der Waals surface area contributed by atoms with Crippen molar-refractivity contribution in [2.24, 2.45) is 0 Å². The maximum Gasteiger partial charge on any atom is 0.271 e. The van der Waals surface area contributed by atoms with Crippen molar-refractivity contribution < 1.29 is 18.1 Å². The molecule has 0 saturated heterocycles. The Morgan fingerprint density at radius 2 is 1.78 bits per heavy atom. The molecule has 4 rings (SSSR count). The van der Waals surface area contributed by atoms with Gasteiger partial charge in [0.05, 0.1) is 21.0 Å². The lowest BCUT2D eigenvalue weighted by molar-refractivity contribution is -0.384. The third-order valence-electron chi connectivity index (χ3n) is 4.47. The highest BCUT2D eigenvalue weighted by Gasteiger charge is 2.27. The Labute approximate surface area is 200 Å². The molecule has 0 aliphatic carbocycles. The summed E-state index contributed by atoms with van der Waals surface area (Å²) in [6.45, 7) is -0.221. The van der Waals surface area contributed by atoms with Gasteiger partial charge in [0, 0.05) is 21.6 Å². The van der Waals surface area contributed by atoms with Crippen LogP contribution in [0, 0.1) is 10.1 Å². The minimum absolute atomic E-state index is 0.00981. The Balaban J connectivity index is 1.80. The van der Waals surface area contributed by atoms with Gasteiger partial charge in [-0.15, -0.1) is 0 Å². The van der Waals surface area contributed by atoms with Crippen molar-refractivity contribution in [3.63, 3.8) is 0 Å². The predicted octanol–water partition coefficient (Wildman–Crippen LogP) is 5.83. The van der Waals surface area contributed by atoms with Gasteiger partial charge in [0.25, 0.3) is 15.7 Å². The number of non-ortho nitro benzene ring substituents is 1. The lowest BCUT2D eigenvalue weighted by Crippen LogP contribution is -2.18. The number of nitrogens with zero attached hydrogens (tertiary/aromatic N) is 3. The van der Waals surface area contributed by atoms with Gasteiger partial charge in [0.15, 0.2) is 5.82 Å². The molecule has 0 aliphatic rings. The molecule has 0 aliphatic heterocycles. The highest BCUT2D eigenvalue weighted by atomic mass is 79.9. The van der Waals surface area contributed by atoms with Crippen molar-refractivity contribution in [2.45, 2.75) is 11.5 Å². The van der Waals surface area contributed by atoms with Crippen LogP contribution >= 0.6 is 39.1 Å². The first-order valence-electron chi connectivity index (χ1n) is 8.91. The van der Waals surface area contributed by atoms with Gasteiger partial charge < -0.3 is 4.74 Å². The summed E-state index contributed by atoms with van der Waals surface area (Å²) in [5.41, 5.74) is 0.655. The van der Waals surface area contributed by atoms with E-state index in [1.807, 2.05) is 0 Å². The van der Waals surface area contributed by atoms with Gasteiger partial charge >= 0.3 is 0 Å². The number of nitro benzene ring substituents is 1. The smallest absolute Gasteiger partial charge is 0.271 e. The van der Waals surface area contributed by atoms with Crippen LogP contribution in [0.3, 0.4) is 0 Å². The number of aromatic nitrogens is 2. The van der Waals surface area contributed by atoms with Crippen molar-refractivity contribution in [1.82, 2.24) is 8.96 Å². The summed E-state index contributed by atoms with van der Waals surface area (Å²) in [7, 11) is -4.19. The maximum absolute atomic E-state index is 13.6. The van der Waals surface area contributed by atoms with Crippen molar-refractivity contribution in [2.75, 3.05) is 0 Å². The second-order valence-electron chi connectivity index (χ2n) is 6.54. The first-order valence-corrected chi connectivity index (χ1v) is 11.9. The number of hydrogen-bond acceptors (Lipinski definition) is 6. The van der Waals surface area contributed by atoms with Crippen LogP contribution in [0.4, 0.5) is 5.69 Å². The van der Waals surface area contributed by atoms with Gasteiger partial charge in [-0.2, -0.15) is 0 Å². The second-order valence-corrected chi connectivity index (χ2v) is 10.1. The van der Waals surface area contributed by atoms with Gasteiger partial charge in [0.1, 0.15) is 17.3 Å². The zero-order chi connectivity index (χ0) is 23.0. The lowest BCUT2D eigenvalue weighted by atomic mass is 10.3. The van der Waals surface area contributed by atoms with E-state index in [9.17, 15) is 18.5 Å². The number of rotatable bonds is 6. The molecule has 4 aromatic rings. The van der Waals surface area contributed by atoms with E-state index >= 15 is 0 Å². The minimum atomic E-state index is -4.19. The van der Waals surface area contributed by atoms with E-state index in [4.69, 9.17) is 27.9 Å². The second kappa shape index (κ2) is 8.70. The van der Waals surface area contributed by atoms with Gasteiger partial charge in [-0.3, -0.25) is 10.1 Å². The molecule has 0 atom stereocenters. The van der Waals surface area contributed by atoms with Crippen LogP contribution in [0.1, 0.15) is 5.82 Å². The molecule has 1 aromatic heterocycles. The third-order valence-corrected chi connectivity index (χ3v) is 7.42. The largest absolute Gasteiger partial charge is 0.486 e. The normalized spacial score (nSPS) is 11.6. The van der Waals surface area contributed by atoms with Crippen LogP contribution < -0.4 is 4.74 Å². The number of ether oxygens (including phenoxy) is 1. The molecule has 0 amide bonds. The molecular weight excluding hydrogens is 545 g/mol. The lowest BCUT2D eigenvalue weighted by Gasteiger charge is -2.13. The highest BCUT2D eigenvalue weighted by molar-refractivity contribution is 9.10. The molecule has 1 heterocycles. The summed E-state index contributed by atoms with van der Waals surface area (Å²) in [5, 5.41) is 11.0. The van der Waals surface area contributed by atoms with E-state index in [0.717, 1.165) is 8.45 Å². The van der Waals surface area contributed by atoms with E-state index in [0.29, 0.717) is 16.8 Å². The molecular formula is C20H12BrCl2N3O5S. The fraction of sp³-hybridized carbons (Fsp3) is 0.0500. The molecule has 0 spiro atoms. The summed E-state index contributed by atoms with van der Waals surface area (Å²) in [4.78, 5) is 14.5. The van der Waals surface area contributed by atoms with Crippen molar-refractivity contribution in [3.05, 3.63) is 91.1 Å². The fourth-order valence-corrected chi connectivity index (χ4v) is 5.59. The third kappa shape index (κ3) is 4.31. The van der Waals surface area contributed by atoms with Crippen LogP contribution in [0.5, 0.6) is 5.75 Å². The Morgan fingerprint density at radius 3 is 2.47 bits per heavy atom. The average Bonchev–Trinajstić information content (AvgIpc) is 3.12. The van der Waals surface area contributed by atoms with Gasteiger partial charge in [0.2, 0.25) is 0 Å². The average molecular weight is 557 g/mol. The summed E-state index contributed by atoms with van der Waals surface area (Å²) in [6, 6.07) is 14.6. The van der Waals surface area contributed by atoms with Crippen molar-refractivity contribution in [1.29, 1.82) is 0 Å². The Bertz CT molecular complexity index is 1460. The maximum atomic E-state index is 13.6. The summed E-state index contributed by atoms with van der Waals surface area (Å²) in [6.07, 6.45) is 0. The summed E-state index contributed by atoms with van der Waals surface area (Å²) in [5.74, 6) is 0.404. The van der Waals surface area contributed by atoms with Crippen LogP contribution in [0.15, 0.2) is 70.0 Å². The predicted molar refractivity (Wildman–Crippen MR) is 124 cm³/mol. The number of nitro groups is 1. The Hall–Kier alpha value is -2.66. The van der Waals surface area contributed by atoms with E-state index in [1.54, 1.807) is 18.2 Å². The number of imidazole rings is 1. The van der Waals surface area contributed by atoms with E-state index in [1.165, 1.54) is 42.5 Å². The molecule has 32 heavy (non-hydrogen) atoms.